The highest BCUT2D eigenvalue weighted by atomic mass is 32.2. The topological polar surface area (TPSA) is 102 Å². The lowest BCUT2D eigenvalue weighted by Crippen LogP contribution is -2.39. The summed E-state index contributed by atoms with van der Waals surface area (Å²) >= 11 is 2.92. The maximum absolute atomic E-state index is 12.4. The minimum atomic E-state index is -3.26. The molecule has 0 unspecified atom stereocenters. The molecule has 1 atom stereocenters. The van der Waals surface area contributed by atoms with Crippen molar-refractivity contribution in [2.24, 2.45) is 0 Å². The van der Waals surface area contributed by atoms with E-state index in [1.807, 2.05) is 23.6 Å². The van der Waals surface area contributed by atoms with E-state index in [-0.39, 0.29) is 11.5 Å². The third-order valence-electron chi connectivity index (χ3n) is 6.14. The van der Waals surface area contributed by atoms with Crippen LogP contribution in [0.5, 0.6) is 0 Å². The van der Waals surface area contributed by atoms with Gasteiger partial charge >= 0.3 is 0 Å². The molecular formula is C23H26N6O3S3. The van der Waals surface area contributed by atoms with Gasteiger partial charge in [-0.05, 0) is 24.8 Å². The van der Waals surface area contributed by atoms with Crippen LogP contribution in [-0.2, 0) is 28.7 Å². The maximum Gasteiger partial charge on any atom is 0.258 e. The second-order valence-corrected chi connectivity index (χ2v) is 12.4. The molecule has 1 aliphatic rings. The molecule has 1 fully saturated rings. The van der Waals surface area contributed by atoms with E-state index < -0.39 is 10.0 Å². The Balaban J connectivity index is 1.41. The fourth-order valence-electron chi connectivity index (χ4n) is 4.36. The van der Waals surface area contributed by atoms with Crippen LogP contribution in [0.15, 0.2) is 57.9 Å². The van der Waals surface area contributed by atoms with Gasteiger partial charge in [-0.1, -0.05) is 42.1 Å². The van der Waals surface area contributed by atoms with E-state index in [1.165, 1.54) is 43.6 Å². The first-order valence-electron chi connectivity index (χ1n) is 11.4. The lowest BCUT2D eigenvalue weighted by Gasteiger charge is -2.30. The molecule has 4 aromatic rings. The van der Waals surface area contributed by atoms with Gasteiger partial charge in [0.25, 0.3) is 5.56 Å². The summed E-state index contributed by atoms with van der Waals surface area (Å²) in [6.07, 6.45) is 5.45. The van der Waals surface area contributed by atoms with Gasteiger partial charge < -0.3 is 4.57 Å². The summed E-state index contributed by atoms with van der Waals surface area (Å²) < 4.78 is 29.5. The van der Waals surface area contributed by atoms with Gasteiger partial charge in [-0.15, -0.1) is 21.5 Å². The number of hydrogen-bond acceptors (Lipinski definition) is 8. The van der Waals surface area contributed by atoms with Crippen molar-refractivity contribution in [3.05, 3.63) is 75.4 Å². The molecule has 0 N–H and O–H groups in total. The number of nitrogens with zero attached hydrogens (tertiary/aromatic N) is 6. The lowest BCUT2D eigenvalue weighted by molar-refractivity contribution is 0.305. The third kappa shape index (κ3) is 5.50. The number of rotatable bonds is 8. The standard InChI is InChI=1S/C23H26N6O3S3/c1-35(31,32)27-10-5-8-18(15-27)21-25-26-23(29(21)11-9-17-6-3-2-4-7-17)34-16-19-14-20(30)28-12-13-33-22(28)24-19/h2-4,6-7,12-14,18H,5,8-11,15-16H2,1H3/t18-/m1/s1. The summed E-state index contributed by atoms with van der Waals surface area (Å²) in [6, 6.07) is 11.8. The van der Waals surface area contributed by atoms with Gasteiger partial charge in [-0.25, -0.2) is 17.7 Å². The van der Waals surface area contributed by atoms with Crippen LogP contribution in [0.25, 0.3) is 4.96 Å². The molecule has 0 aliphatic carbocycles. The Morgan fingerprint density at radius 1 is 1.20 bits per heavy atom. The van der Waals surface area contributed by atoms with Crippen molar-refractivity contribution in [1.82, 2.24) is 28.5 Å². The zero-order chi connectivity index (χ0) is 24.4. The first-order chi connectivity index (χ1) is 16.9. The second kappa shape index (κ2) is 10.2. The quantitative estimate of drug-likeness (QED) is 0.323. The smallest absolute Gasteiger partial charge is 0.258 e. The van der Waals surface area contributed by atoms with Gasteiger partial charge in [0.1, 0.15) is 5.82 Å². The molecule has 0 amide bonds. The fourth-order valence-corrected chi connectivity index (χ4v) is 6.87. The summed E-state index contributed by atoms with van der Waals surface area (Å²) in [5, 5.41) is 11.6. The molecule has 0 spiro atoms. The van der Waals surface area contributed by atoms with Crippen LogP contribution in [0.3, 0.4) is 0 Å². The molecule has 1 saturated heterocycles. The van der Waals surface area contributed by atoms with E-state index in [0.717, 1.165) is 30.2 Å². The monoisotopic (exact) mass is 530 g/mol. The Morgan fingerprint density at radius 3 is 2.83 bits per heavy atom. The van der Waals surface area contributed by atoms with Crippen LogP contribution >= 0.6 is 23.1 Å². The Labute approximate surface area is 211 Å². The summed E-state index contributed by atoms with van der Waals surface area (Å²) in [5.74, 6) is 1.30. The van der Waals surface area contributed by atoms with Crippen molar-refractivity contribution in [2.45, 2.75) is 42.6 Å². The van der Waals surface area contributed by atoms with E-state index in [2.05, 4.69) is 31.9 Å². The number of piperidine rings is 1. The molecule has 3 aromatic heterocycles. The van der Waals surface area contributed by atoms with E-state index >= 15 is 0 Å². The number of aromatic nitrogens is 5. The average molecular weight is 531 g/mol. The van der Waals surface area contributed by atoms with Crippen molar-refractivity contribution < 1.29 is 8.42 Å². The van der Waals surface area contributed by atoms with Crippen molar-refractivity contribution in [3.63, 3.8) is 0 Å². The molecule has 0 radical (unpaired) electrons. The number of sulfonamides is 1. The summed E-state index contributed by atoms with van der Waals surface area (Å²) in [5.41, 5.74) is 1.81. The van der Waals surface area contributed by atoms with Crippen LogP contribution in [0.2, 0.25) is 0 Å². The largest absolute Gasteiger partial charge is 0.305 e. The van der Waals surface area contributed by atoms with Crippen molar-refractivity contribution in [3.8, 4) is 0 Å². The van der Waals surface area contributed by atoms with Crippen molar-refractivity contribution >= 4 is 38.1 Å². The van der Waals surface area contributed by atoms with E-state index in [1.54, 1.807) is 12.3 Å². The molecule has 0 saturated carbocycles. The predicted octanol–water partition coefficient (Wildman–Crippen LogP) is 3.02. The summed E-state index contributed by atoms with van der Waals surface area (Å²) in [4.78, 5) is 17.6. The molecular weight excluding hydrogens is 504 g/mol. The molecule has 9 nitrogen and oxygen atoms in total. The number of thiazole rings is 1. The Morgan fingerprint density at radius 2 is 2.03 bits per heavy atom. The first-order valence-corrected chi connectivity index (χ1v) is 15.1. The summed E-state index contributed by atoms with van der Waals surface area (Å²) in [7, 11) is -3.26. The number of aryl methyl sites for hydroxylation is 1. The normalized spacial score (nSPS) is 17.2. The average Bonchev–Trinajstić information content (AvgIpc) is 3.49. The number of hydrogen-bond donors (Lipinski definition) is 0. The summed E-state index contributed by atoms with van der Waals surface area (Å²) in [6.45, 7) is 1.64. The van der Waals surface area contributed by atoms with E-state index in [0.29, 0.717) is 36.0 Å². The molecule has 1 aromatic carbocycles. The molecule has 5 rings (SSSR count). The third-order valence-corrected chi connectivity index (χ3v) is 9.16. The van der Waals surface area contributed by atoms with Gasteiger partial charge in [0, 0.05) is 48.9 Å². The second-order valence-electron chi connectivity index (χ2n) is 8.62. The van der Waals surface area contributed by atoms with Crippen LogP contribution < -0.4 is 5.56 Å². The van der Waals surface area contributed by atoms with Crippen molar-refractivity contribution in [2.75, 3.05) is 19.3 Å². The predicted molar refractivity (Wildman–Crippen MR) is 137 cm³/mol. The lowest BCUT2D eigenvalue weighted by atomic mass is 9.98. The van der Waals surface area contributed by atoms with Crippen LogP contribution in [0, 0.1) is 0 Å². The van der Waals surface area contributed by atoms with Crippen LogP contribution in [0.1, 0.15) is 35.8 Å². The Bertz CT molecular complexity index is 1480. The van der Waals surface area contributed by atoms with E-state index in [9.17, 15) is 13.2 Å². The first kappa shape index (κ1) is 24.2. The minimum absolute atomic E-state index is 0.0127. The Kier molecular flexibility index (Phi) is 7.05. The van der Waals surface area contributed by atoms with Gasteiger partial charge in [-0.3, -0.25) is 9.20 Å². The number of thioether (sulfide) groups is 1. The van der Waals surface area contributed by atoms with Gasteiger partial charge in [0.2, 0.25) is 10.0 Å². The number of benzene rings is 1. The Hall–Kier alpha value is -2.54. The van der Waals surface area contributed by atoms with Crippen molar-refractivity contribution in [1.29, 1.82) is 0 Å². The highest BCUT2D eigenvalue weighted by Crippen LogP contribution is 2.30. The molecule has 12 heteroatoms. The van der Waals surface area contributed by atoms with Crippen LogP contribution in [-0.4, -0.2) is 56.2 Å². The zero-order valence-electron chi connectivity index (χ0n) is 19.3. The highest BCUT2D eigenvalue weighted by molar-refractivity contribution is 7.98. The minimum Gasteiger partial charge on any atom is -0.305 e. The SMILES string of the molecule is CS(=O)(=O)N1CCC[C@@H](c2nnc(SCc3cc(=O)n4ccsc4n3)n2CCc2ccccc2)C1. The van der Waals surface area contributed by atoms with Gasteiger partial charge in [0.05, 0.1) is 11.9 Å². The van der Waals surface area contributed by atoms with Crippen LogP contribution in [0.4, 0.5) is 0 Å². The molecule has 4 heterocycles. The molecule has 35 heavy (non-hydrogen) atoms. The molecule has 1 aliphatic heterocycles. The highest BCUT2D eigenvalue weighted by Gasteiger charge is 2.30. The van der Waals surface area contributed by atoms with Gasteiger partial charge in [-0.2, -0.15) is 0 Å². The zero-order valence-corrected chi connectivity index (χ0v) is 21.7. The van der Waals surface area contributed by atoms with Gasteiger partial charge in [0.15, 0.2) is 10.1 Å². The molecule has 184 valence electrons. The van der Waals surface area contributed by atoms with E-state index in [4.69, 9.17) is 0 Å². The maximum atomic E-state index is 12.4. The molecule has 0 bridgehead atoms. The number of fused-ring (bicyclic) bond motifs is 1. The fraction of sp³-hybridized carbons (Fsp3) is 0.391.